The van der Waals surface area contributed by atoms with Crippen molar-refractivity contribution in [3.63, 3.8) is 0 Å². The Hall–Kier alpha value is -0.830. The van der Waals surface area contributed by atoms with Crippen molar-refractivity contribution in [1.82, 2.24) is 9.97 Å². The second kappa shape index (κ2) is 3.09. The fraction of sp³-hybridized carbons (Fsp3) is 0.600. The maximum Gasteiger partial charge on any atom is 0.221 e. The first-order valence-electron chi connectivity index (χ1n) is 4.79. The van der Waals surface area contributed by atoms with E-state index in [9.17, 15) is 0 Å². The van der Waals surface area contributed by atoms with E-state index in [2.05, 4.69) is 23.8 Å². The van der Waals surface area contributed by atoms with Gasteiger partial charge in [0.15, 0.2) is 0 Å². The van der Waals surface area contributed by atoms with Crippen molar-refractivity contribution in [3.8, 4) is 0 Å². The number of hydrogen-bond acceptors (Lipinski definition) is 3. The Balaban J connectivity index is 2.47. The number of aromatic nitrogens is 2. The van der Waals surface area contributed by atoms with Gasteiger partial charge in [0.25, 0.3) is 0 Å². The summed E-state index contributed by atoms with van der Waals surface area (Å²) in [4.78, 5) is 8.22. The number of nitrogen functional groups attached to an aromatic ring is 1. The first-order chi connectivity index (χ1) is 6.48. The van der Waals surface area contributed by atoms with Crippen LogP contribution in [0, 0.1) is 5.41 Å². The van der Waals surface area contributed by atoms with Crippen molar-refractivity contribution in [2.75, 3.05) is 5.73 Å². The minimum Gasteiger partial charge on any atom is -0.368 e. The Bertz CT molecular complexity index is 374. The van der Waals surface area contributed by atoms with E-state index in [-0.39, 0.29) is 5.95 Å². The smallest absolute Gasteiger partial charge is 0.221 e. The van der Waals surface area contributed by atoms with Gasteiger partial charge >= 0.3 is 0 Å². The highest BCUT2D eigenvalue weighted by molar-refractivity contribution is 6.30. The first kappa shape index (κ1) is 9.71. The molecule has 0 fully saturated rings. The minimum atomic E-state index is 0.284. The third kappa shape index (κ3) is 1.69. The maximum atomic E-state index is 6.01. The second-order valence-corrected chi connectivity index (χ2v) is 5.00. The lowest BCUT2D eigenvalue weighted by Crippen LogP contribution is -2.24. The number of nitrogens with zero attached hydrogens (tertiary/aromatic N) is 2. The first-order valence-corrected chi connectivity index (χ1v) is 5.16. The van der Waals surface area contributed by atoms with Gasteiger partial charge < -0.3 is 5.73 Å². The number of nitrogens with two attached hydrogens (primary N) is 1. The third-order valence-corrected chi connectivity index (χ3v) is 3.07. The van der Waals surface area contributed by atoms with E-state index < -0.39 is 0 Å². The average Bonchev–Trinajstić information content (AvgIpc) is 2.00. The van der Waals surface area contributed by atoms with Crippen molar-refractivity contribution in [2.24, 2.45) is 5.41 Å². The molecular weight excluding hydrogens is 198 g/mol. The molecule has 4 heteroatoms. The quantitative estimate of drug-likeness (QED) is 0.670. The topological polar surface area (TPSA) is 51.8 Å². The lowest BCUT2D eigenvalue weighted by molar-refractivity contribution is 0.310. The van der Waals surface area contributed by atoms with Crippen LogP contribution in [-0.2, 0) is 12.8 Å². The Morgan fingerprint density at radius 2 is 2.07 bits per heavy atom. The molecule has 0 saturated carbocycles. The molecule has 1 aliphatic rings. The predicted octanol–water partition coefficient (Wildman–Crippen LogP) is 2.23. The lowest BCUT2D eigenvalue weighted by atomic mass is 9.77. The summed E-state index contributed by atoms with van der Waals surface area (Å²) >= 11 is 6.01. The second-order valence-electron chi connectivity index (χ2n) is 4.64. The van der Waals surface area contributed by atoms with Crippen LogP contribution >= 0.6 is 11.6 Å². The SMILES string of the molecule is CC1(C)CCc2c(Cl)nc(N)nc2C1. The summed E-state index contributed by atoms with van der Waals surface area (Å²) in [5.41, 5.74) is 7.98. The van der Waals surface area contributed by atoms with Gasteiger partial charge in [-0.25, -0.2) is 9.97 Å². The molecule has 2 rings (SSSR count). The van der Waals surface area contributed by atoms with Gasteiger partial charge in [-0.05, 0) is 24.7 Å². The van der Waals surface area contributed by atoms with Gasteiger partial charge in [0.2, 0.25) is 5.95 Å². The Kier molecular flexibility index (Phi) is 2.14. The number of anilines is 1. The lowest BCUT2D eigenvalue weighted by Gasteiger charge is -2.30. The molecular formula is C10H14ClN3. The molecule has 14 heavy (non-hydrogen) atoms. The summed E-state index contributed by atoms with van der Waals surface area (Å²) in [6.45, 7) is 4.48. The van der Waals surface area contributed by atoms with E-state index in [1.54, 1.807) is 0 Å². The van der Waals surface area contributed by atoms with E-state index in [0.29, 0.717) is 10.6 Å². The van der Waals surface area contributed by atoms with Gasteiger partial charge in [-0.15, -0.1) is 0 Å². The van der Waals surface area contributed by atoms with Crippen LogP contribution < -0.4 is 5.73 Å². The molecule has 0 bridgehead atoms. The zero-order chi connectivity index (χ0) is 10.3. The van der Waals surface area contributed by atoms with Gasteiger partial charge in [-0.2, -0.15) is 0 Å². The molecule has 0 radical (unpaired) electrons. The van der Waals surface area contributed by atoms with Gasteiger partial charge in [-0.1, -0.05) is 25.4 Å². The third-order valence-electron chi connectivity index (χ3n) is 2.76. The molecule has 3 nitrogen and oxygen atoms in total. The van der Waals surface area contributed by atoms with Crippen molar-refractivity contribution < 1.29 is 0 Å². The summed E-state index contributed by atoms with van der Waals surface area (Å²) in [6, 6.07) is 0. The van der Waals surface area contributed by atoms with Crippen molar-refractivity contribution in [3.05, 3.63) is 16.4 Å². The summed E-state index contributed by atoms with van der Waals surface area (Å²) in [5.74, 6) is 0.284. The molecule has 1 heterocycles. The van der Waals surface area contributed by atoms with Gasteiger partial charge in [0.05, 0.1) is 5.69 Å². The van der Waals surface area contributed by atoms with Gasteiger partial charge in [0, 0.05) is 5.56 Å². The molecule has 1 aromatic heterocycles. The Morgan fingerprint density at radius 1 is 1.36 bits per heavy atom. The van der Waals surface area contributed by atoms with Crippen LogP contribution in [0.2, 0.25) is 5.15 Å². The molecule has 0 atom stereocenters. The van der Waals surface area contributed by atoms with E-state index in [4.69, 9.17) is 17.3 Å². The summed E-state index contributed by atoms with van der Waals surface area (Å²) in [7, 11) is 0. The largest absolute Gasteiger partial charge is 0.368 e. The van der Waals surface area contributed by atoms with E-state index in [0.717, 1.165) is 30.5 Å². The zero-order valence-electron chi connectivity index (χ0n) is 8.47. The summed E-state index contributed by atoms with van der Waals surface area (Å²) in [6.07, 6.45) is 3.03. The molecule has 0 amide bonds. The number of rotatable bonds is 0. The Labute approximate surface area is 88.7 Å². The van der Waals surface area contributed by atoms with E-state index in [1.807, 2.05) is 0 Å². The fourth-order valence-corrected chi connectivity index (χ4v) is 2.21. The summed E-state index contributed by atoms with van der Waals surface area (Å²) in [5, 5.41) is 0.531. The molecule has 76 valence electrons. The van der Waals surface area contributed by atoms with E-state index in [1.165, 1.54) is 0 Å². The molecule has 1 aromatic rings. The van der Waals surface area contributed by atoms with Crippen LogP contribution in [0.3, 0.4) is 0 Å². The van der Waals surface area contributed by atoms with Gasteiger partial charge in [-0.3, -0.25) is 0 Å². The maximum absolute atomic E-state index is 6.01. The van der Waals surface area contributed by atoms with Crippen LogP contribution in [0.15, 0.2) is 0 Å². The van der Waals surface area contributed by atoms with Gasteiger partial charge in [0.1, 0.15) is 5.15 Å². The number of fused-ring (bicyclic) bond motifs is 1. The normalized spacial score (nSPS) is 19.1. The highest BCUT2D eigenvalue weighted by Gasteiger charge is 2.28. The molecule has 0 spiro atoms. The summed E-state index contributed by atoms with van der Waals surface area (Å²) < 4.78 is 0. The molecule has 0 aliphatic heterocycles. The molecule has 0 aromatic carbocycles. The molecule has 0 unspecified atom stereocenters. The molecule has 0 saturated heterocycles. The highest BCUT2D eigenvalue weighted by Crippen LogP contribution is 2.36. The monoisotopic (exact) mass is 211 g/mol. The predicted molar refractivity (Wildman–Crippen MR) is 57.3 cm³/mol. The fourth-order valence-electron chi connectivity index (χ4n) is 1.92. The zero-order valence-corrected chi connectivity index (χ0v) is 9.23. The van der Waals surface area contributed by atoms with Crippen molar-refractivity contribution in [1.29, 1.82) is 0 Å². The van der Waals surface area contributed by atoms with Crippen LogP contribution in [0.25, 0.3) is 0 Å². The number of halogens is 1. The molecule has 1 aliphatic carbocycles. The van der Waals surface area contributed by atoms with Crippen LogP contribution in [0.1, 0.15) is 31.5 Å². The molecule has 2 N–H and O–H groups in total. The minimum absolute atomic E-state index is 0.284. The average molecular weight is 212 g/mol. The van der Waals surface area contributed by atoms with Crippen molar-refractivity contribution >= 4 is 17.5 Å². The highest BCUT2D eigenvalue weighted by atomic mass is 35.5. The van der Waals surface area contributed by atoms with Crippen LogP contribution in [0.5, 0.6) is 0 Å². The van der Waals surface area contributed by atoms with Crippen LogP contribution in [0.4, 0.5) is 5.95 Å². The number of hydrogen-bond donors (Lipinski definition) is 1. The van der Waals surface area contributed by atoms with Crippen LogP contribution in [-0.4, -0.2) is 9.97 Å². The van der Waals surface area contributed by atoms with Crippen molar-refractivity contribution in [2.45, 2.75) is 33.1 Å². The Morgan fingerprint density at radius 3 is 2.79 bits per heavy atom. The standard InChI is InChI=1S/C10H14ClN3/c1-10(2)4-3-6-7(5-10)13-9(12)14-8(6)11/h3-5H2,1-2H3,(H2,12,13,14). The van der Waals surface area contributed by atoms with E-state index >= 15 is 0 Å².